The van der Waals surface area contributed by atoms with Gasteiger partial charge in [-0.25, -0.2) is 13.2 Å². The van der Waals surface area contributed by atoms with E-state index in [1.54, 1.807) is 50.5 Å². The number of nitrogens with one attached hydrogen (secondary N) is 1. The Morgan fingerprint density at radius 2 is 1.73 bits per heavy atom. The van der Waals surface area contributed by atoms with E-state index in [9.17, 15) is 35.2 Å². The van der Waals surface area contributed by atoms with E-state index in [4.69, 9.17) is 0 Å². The number of sulfonamides is 1. The Morgan fingerprint density at radius 1 is 1.02 bits per heavy atom. The molecule has 40 heavy (non-hydrogen) atoms. The van der Waals surface area contributed by atoms with Crippen molar-refractivity contribution in [3.8, 4) is 16.8 Å². The quantitative estimate of drug-likeness (QED) is 0.121. The van der Waals surface area contributed by atoms with Crippen molar-refractivity contribution in [2.75, 3.05) is 10.5 Å². The molecule has 4 rings (SSSR count). The highest BCUT2D eigenvalue weighted by Crippen LogP contribution is 2.41. The standard InChI is InChI=1S/C25H23F5N4O3S3/c1-15-16(2)39-22(38-13-4-3-10-24(26,27)25(28,29)30)20-21(32-23(35)34(15)20)33-40(36,37)19-7-5-6-18(14-19)17-8-11-31-12-9-17/h5-9,11-12,14H,3-4,10,13H2,1-2H3,(H,32,33,35). The fourth-order valence-electron chi connectivity index (χ4n) is 3.82. The molecule has 0 amide bonds. The topological polar surface area (TPSA) is 94.0 Å². The zero-order valence-electron chi connectivity index (χ0n) is 21.1. The molecule has 1 N–H and O–H groups in total. The predicted octanol–water partition coefficient (Wildman–Crippen LogP) is 6.67. The first-order valence-electron chi connectivity index (χ1n) is 11.8. The first-order chi connectivity index (χ1) is 18.7. The normalized spacial score (nSPS) is 12.7. The number of nitrogens with zero attached hydrogens (tertiary/aromatic N) is 3. The molecule has 0 fully saturated rings. The lowest BCUT2D eigenvalue weighted by Gasteiger charge is -2.19. The fourth-order valence-corrected chi connectivity index (χ4v) is 7.39. The summed E-state index contributed by atoms with van der Waals surface area (Å²) in [6.07, 6.45) is -4.10. The average molecular weight is 619 g/mol. The molecule has 0 bridgehead atoms. The van der Waals surface area contributed by atoms with Crippen LogP contribution in [0.3, 0.4) is 0 Å². The third kappa shape index (κ3) is 6.31. The molecule has 0 saturated heterocycles. The van der Waals surface area contributed by atoms with Crippen molar-refractivity contribution >= 4 is 38.9 Å². The van der Waals surface area contributed by atoms with Gasteiger partial charge in [-0.05, 0) is 67.8 Å². The molecule has 15 heteroatoms. The summed E-state index contributed by atoms with van der Waals surface area (Å²) in [5, 5.41) is 0. The van der Waals surface area contributed by atoms with E-state index >= 15 is 0 Å². The summed E-state index contributed by atoms with van der Waals surface area (Å²) >= 11 is 2.38. The lowest BCUT2D eigenvalue weighted by Crippen LogP contribution is -2.36. The number of thioether (sulfide) groups is 1. The van der Waals surface area contributed by atoms with Gasteiger partial charge in [-0.2, -0.15) is 26.9 Å². The lowest BCUT2D eigenvalue weighted by molar-refractivity contribution is -0.284. The van der Waals surface area contributed by atoms with E-state index in [2.05, 4.69) is 14.7 Å². The van der Waals surface area contributed by atoms with Gasteiger partial charge in [-0.15, -0.1) is 23.1 Å². The third-order valence-corrected chi connectivity index (χ3v) is 9.92. The molecule has 2 aromatic rings. The minimum absolute atomic E-state index is 0.0450. The average Bonchev–Trinajstić information content (AvgIpc) is 3.21. The zero-order chi connectivity index (χ0) is 29.3. The van der Waals surface area contributed by atoms with E-state index in [1.165, 1.54) is 28.0 Å². The number of unbranched alkanes of at least 4 members (excludes halogenated alkanes) is 1. The van der Waals surface area contributed by atoms with Crippen molar-refractivity contribution in [3.63, 3.8) is 0 Å². The first kappa shape index (κ1) is 29.9. The van der Waals surface area contributed by atoms with Crippen LogP contribution < -0.4 is 10.4 Å². The number of benzene rings is 1. The van der Waals surface area contributed by atoms with Gasteiger partial charge in [0.1, 0.15) is 5.69 Å². The molecule has 2 aliphatic heterocycles. The summed E-state index contributed by atoms with van der Waals surface area (Å²) in [5.41, 5.74) is 1.40. The highest BCUT2D eigenvalue weighted by Gasteiger charge is 2.56. The second-order valence-electron chi connectivity index (χ2n) is 8.84. The molecule has 0 aliphatic carbocycles. The molecule has 214 valence electrons. The number of fused-ring (bicyclic) bond motifs is 1. The van der Waals surface area contributed by atoms with Gasteiger partial charge in [-0.1, -0.05) is 12.1 Å². The lowest BCUT2D eigenvalue weighted by atomic mass is 10.1. The number of hydrogen-bond donors (Lipinski definition) is 1. The first-order valence-corrected chi connectivity index (χ1v) is 15.1. The molecule has 0 saturated carbocycles. The van der Waals surface area contributed by atoms with Crippen molar-refractivity contribution in [1.29, 1.82) is 0 Å². The van der Waals surface area contributed by atoms with Crippen LogP contribution in [0.2, 0.25) is 0 Å². The summed E-state index contributed by atoms with van der Waals surface area (Å²) in [6.45, 7) is 3.42. The molecule has 3 heterocycles. The van der Waals surface area contributed by atoms with Crippen molar-refractivity contribution in [2.24, 2.45) is 0 Å². The Morgan fingerprint density at radius 3 is 2.40 bits per heavy atom. The Bertz CT molecular complexity index is 1640. The van der Waals surface area contributed by atoms with Crippen molar-refractivity contribution < 1.29 is 30.4 Å². The van der Waals surface area contributed by atoms with Crippen molar-refractivity contribution in [2.45, 2.75) is 54.3 Å². The van der Waals surface area contributed by atoms with Gasteiger partial charge in [0.05, 0.1) is 9.10 Å². The van der Waals surface area contributed by atoms with Gasteiger partial charge in [0, 0.05) is 29.4 Å². The van der Waals surface area contributed by atoms with Gasteiger partial charge < -0.3 is 0 Å². The number of aromatic nitrogens is 3. The zero-order valence-corrected chi connectivity index (χ0v) is 23.6. The summed E-state index contributed by atoms with van der Waals surface area (Å²) < 4.78 is 94.5. The van der Waals surface area contributed by atoms with E-state index in [0.29, 0.717) is 15.5 Å². The van der Waals surface area contributed by atoms with Crippen molar-refractivity contribution in [3.05, 3.63) is 69.8 Å². The summed E-state index contributed by atoms with van der Waals surface area (Å²) in [5.74, 6) is -4.80. The fraction of sp³-hybridized carbons (Fsp3) is 0.320. The van der Waals surface area contributed by atoms with E-state index in [-0.39, 0.29) is 35.0 Å². The summed E-state index contributed by atoms with van der Waals surface area (Å²) in [4.78, 5) is 21.3. The SMILES string of the molecule is Cc1sc(SCCCCC(F)(F)C(F)(F)F)c2c(NS(=O)(=O)c3cccc(-c4ccncc4)c3)nc(=O)n-2c1C. The molecule has 1 aromatic carbocycles. The molecular formula is C25H23F5N4O3S3. The number of pyridine rings is 1. The second kappa shape index (κ2) is 11.4. The molecule has 2 aliphatic rings. The van der Waals surface area contributed by atoms with Crippen LogP contribution in [0.1, 0.15) is 29.8 Å². The largest absolute Gasteiger partial charge is 0.453 e. The molecule has 1 aromatic heterocycles. The van der Waals surface area contributed by atoms with Gasteiger partial charge in [0.2, 0.25) is 0 Å². The molecular weight excluding hydrogens is 595 g/mol. The van der Waals surface area contributed by atoms with E-state index in [1.807, 2.05) is 0 Å². The third-order valence-electron chi connectivity index (χ3n) is 6.05. The van der Waals surface area contributed by atoms with Crippen LogP contribution in [-0.4, -0.2) is 40.8 Å². The predicted molar refractivity (Wildman–Crippen MR) is 144 cm³/mol. The van der Waals surface area contributed by atoms with Crippen LogP contribution in [0.15, 0.2) is 62.7 Å². The van der Waals surface area contributed by atoms with Crippen LogP contribution in [-0.2, 0) is 10.0 Å². The maximum Gasteiger partial charge on any atom is 0.453 e. The Kier molecular flexibility index (Phi) is 8.57. The van der Waals surface area contributed by atoms with Crippen molar-refractivity contribution in [1.82, 2.24) is 14.5 Å². The number of halogens is 5. The van der Waals surface area contributed by atoms with Crippen LogP contribution in [0.25, 0.3) is 16.8 Å². The highest BCUT2D eigenvalue weighted by atomic mass is 32.2. The monoisotopic (exact) mass is 618 g/mol. The molecule has 0 radical (unpaired) electrons. The van der Waals surface area contributed by atoms with Gasteiger partial charge in [0.25, 0.3) is 10.0 Å². The number of aryl methyl sites for hydroxylation is 1. The number of rotatable bonds is 10. The molecule has 7 nitrogen and oxygen atoms in total. The second-order valence-corrected chi connectivity index (χ2v) is 13.1. The Labute approximate surface area is 234 Å². The maximum absolute atomic E-state index is 13.3. The van der Waals surface area contributed by atoms with E-state index < -0.39 is 34.2 Å². The van der Waals surface area contributed by atoms with Crippen LogP contribution in [0, 0.1) is 13.8 Å². The summed E-state index contributed by atoms with van der Waals surface area (Å²) in [7, 11) is -4.20. The minimum atomic E-state index is -5.60. The molecule has 0 atom stereocenters. The van der Waals surface area contributed by atoms with E-state index in [0.717, 1.165) is 22.2 Å². The number of alkyl halides is 5. The van der Waals surface area contributed by atoms with Crippen LogP contribution >= 0.6 is 23.1 Å². The molecule has 0 unspecified atom stereocenters. The maximum atomic E-state index is 13.3. The Balaban J connectivity index is 1.60. The van der Waals surface area contributed by atoms with Gasteiger partial charge >= 0.3 is 17.8 Å². The highest BCUT2D eigenvalue weighted by molar-refractivity contribution is 8.01. The number of hydrogen-bond acceptors (Lipinski definition) is 7. The smallest absolute Gasteiger partial charge is 0.265 e. The number of imidazole rings is 1. The Hall–Kier alpha value is -3.04. The van der Waals surface area contributed by atoms with Gasteiger partial charge in [0.15, 0.2) is 5.82 Å². The summed E-state index contributed by atoms with van der Waals surface area (Å²) in [6, 6.07) is 9.64. The molecule has 0 spiro atoms. The van der Waals surface area contributed by atoms with Crippen LogP contribution in [0.5, 0.6) is 0 Å². The number of anilines is 1. The van der Waals surface area contributed by atoms with Crippen LogP contribution in [0.4, 0.5) is 27.8 Å². The van der Waals surface area contributed by atoms with Gasteiger partial charge in [-0.3, -0.25) is 14.3 Å². The minimum Gasteiger partial charge on any atom is -0.265 e.